The molecule has 8 heteroatoms. The van der Waals surface area contributed by atoms with E-state index in [4.69, 9.17) is 4.52 Å². The molecule has 126 valence electrons. The molecule has 7 nitrogen and oxygen atoms in total. The lowest BCUT2D eigenvalue weighted by Gasteiger charge is -2.11. The molecule has 0 aliphatic carbocycles. The maximum atomic E-state index is 12.5. The number of nitrogens with zero attached hydrogens (tertiary/aromatic N) is 3. The van der Waals surface area contributed by atoms with Crippen molar-refractivity contribution < 1.29 is 17.7 Å². The number of hydrogen-bond donors (Lipinski definition) is 0. The summed E-state index contributed by atoms with van der Waals surface area (Å²) >= 11 is 0. The number of fused-ring (bicyclic) bond motifs is 1. The van der Waals surface area contributed by atoms with Crippen LogP contribution in [0.4, 0.5) is 0 Å². The van der Waals surface area contributed by atoms with Gasteiger partial charge in [0.1, 0.15) is 11.4 Å². The summed E-state index contributed by atoms with van der Waals surface area (Å²) in [4.78, 5) is 16.6. The van der Waals surface area contributed by atoms with Gasteiger partial charge in [-0.25, -0.2) is 12.7 Å². The average molecular weight is 355 g/mol. The lowest BCUT2D eigenvalue weighted by Crippen LogP contribution is -2.29. The van der Waals surface area contributed by atoms with E-state index >= 15 is 0 Å². The van der Waals surface area contributed by atoms with Gasteiger partial charge in [-0.15, -0.1) is 0 Å². The van der Waals surface area contributed by atoms with Crippen molar-refractivity contribution >= 4 is 15.9 Å². The molecule has 3 aromatic rings. The van der Waals surface area contributed by atoms with E-state index in [0.717, 1.165) is 15.4 Å². The molecule has 2 heterocycles. The van der Waals surface area contributed by atoms with Crippen LogP contribution in [0, 0.1) is 6.92 Å². The first kappa shape index (κ1) is 15.5. The first-order valence-corrected chi connectivity index (χ1v) is 8.96. The number of rotatable bonds is 3. The summed E-state index contributed by atoms with van der Waals surface area (Å²) in [6.45, 7) is 1.67. The number of hydrogen-bond acceptors (Lipinski definition) is 6. The molecule has 1 amide bonds. The monoisotopic (exact) mass is 355 g/mol. The predicted octanol–water partition coefficient (Wildman–Crippen LogP) is 2.39. The number of sulfonamides is 1. The molecule has 0 unspecified atom stereocenters. The van der Waals surface area contributed by atoms with E-state index in [-0.39, 0.29) is 28.7 Å². The molecule has 1 aromatic heterocycles. The summed E-state index contributed by atoms with van der Waals surface area (Å²) in [5.41, 5.74) is 1.92. The van der Waals surface area contributed by atoms with Crippen LogP contribution in [-0.2, 0) is 16.6 Å². The van der Waals surface area contributed by atoms with Crippen LogP contribution >= 0.6 is 0 Å². The zero-order valence-electron chi connectivity index (χ0n) is 13.2. The van der Waals surface area contributed by atoms with Gasteiger partial charge in [-0.2, -0.15) is 4.98 Å². The Kier molecular flexibility index (Phi) is 3.43. The lowest BCUT2D eigenvalue weighted by molar-refractivity contribution is 0.0862. The first-order chi connectivity index (χ1) is 12.0. The van der Waals surface area contributed by atoms with E-state index in [9.17, 15) is 13.2 Å². The van der Waals surface area contributed by atoms with Gasteiger partial charge in [0, 0.05) is 5.56 Å². The third kappa shape index (κ3) is 2.51. The fourth-order valence-corrected chi connectivity index (χ4v) is 4.25. The fourth-order valence-electron chi connectivity index (χ4n) is 2.73. The number of carbonyl (C=O) groups is 1. The minimum atomic E-state index is -3.89. The summed E-state index contributed by atoms with van der Waals surface area (Å²) < 4.78 is 31.0. The minimum absolute atomic E-state index is 0.00222. The molecule has 0 radical (unpaired) electrons. The molecular weight excluding hydrogens is 342 g/mol. The summed E-state index contributed by atoms with van der Waals surface area (Å²) in [7, 11) is -3.89. The van der Waals surface area contributed by atoms with Crippen LogP contribution in [0.15, 0.2) is 57.9 Å². The molecule has 25 heavy (non-hydrogen) atoms. The second-order valence-electron chi connectivity index (χ2n) is 5.70. The Morgan fingerprint density at radius 1 is 1.12 bits per heavy atom. The zero-order valence-corrected chi connectivity index (χ0v) is 14.0. The Balaban J connectivity index is 1.65. The topological polar surface area (TPSA) is 93.4 Å². The SMILES string of the molecule is Cc1cccc(-c2nc(CN3C(=O)c4ccccc4S3(=O)=O)no2)c1. The fraction of sp³-hybridized carbons (Fsp3) is 0.118. The molecule has 4 rings (SSSR count). The maximum Gasteiger partial charge on any atom is 0.269 e. The van der Waals surface area contributed by atoms with Crippen LogP contribution in [-0.4, -0.2) is 28.8 Å². The third-order valence-corrected chi connectivity index (χ3v) is 5.72. The molecule has 2 aromatic carbocycles. The number of carbonyl (C=O) groups excluding carboxylic acids is 1. The highest BCUT2D eigenvalue weighted by Gasteiger charge is 2.41. The normalized spacial score (nSPS) is 15.4. The number of amides is 1. The molecular formula is C17H13N3O4S. The highest BCUT2D eigenvalue weighted by atomic mass is 32.2. The highest BCUT2D eigenvalue weighted by molar-refractivity contribution is 7.90. The van der Waals surface area contributed by atoms with E-state index in [1.165, 1.54) is 12.1 Å². The molecule has 0 atom stereocenters. The molecule has 1 aliphatic rings. The van der Waals surface area contributed by atoms with Gasteiger partial charge in [0.15, 0.2) is 5.82 Å². The van der Waals surface area contributed by atoms with E-state index in [2.05, 4.69) is 10.1 Å². The van der Waals surface area contributed by atoms with Crippen molar-refractivity contribution in [3.05, 3.63) is 65.5 Å². The average Bonchev–Trinajstić information content (AvgIpc) is 3.14. The van der Waals surface area contributed by atoms with Crippen LogP contribution in [0.3, 0.4) is 0 Å². The van der Waals surface area contributed by atoms with E-state index in [1.54, 1.807) is 12.1 Å². The number of benzene rings is 2. The second-order valence-corrected chi connectivity index (χ2v) is 7.53. The van der Waals surface area contributed by atoms with Crippen molar-refractivity contribution in [2.75, 3.05) is 0 Å². The van der Waals surface area contributed by atoms with Crippen LogP contribution < -0.4 is 0 Å². The predicted molar refractivity (Wildman–Crippen MR) is 88.0 cm³/mol. The summed E-state index contributed by atoms with van der Waals surface area (Å²) in [5.74, 6) is -0.181. The Bertz CT molecular complexity index is 1090. The van der Waals surface area contributed by atoms with Crippen LogP contribution in [0.1, 0.15) is 21.7 Å². The Labute approximate surface area is 144 Å². The molecule has 0 N–H and O–H groups in total. The van der Waals surface area contributed by atoms with Gasteiger partial charge in [0.05, 0.1) is 5.56 Å². The first-order valence-electron chi connectivity index (χ1n) is 7.52. The van der Waals surface area contributed by atoms with E-state index in [0.29, 0.717) is 0 Å². The largest absolute Gasteiger partial charge is 0.334 e. The van der Waals surface area contributed by atoms with Crippen molar-refractivity contribution in [3.8, 4) is 11.5 Å². The second kappa shape index (κ2) is 5.52. The van der Waals surface area contributed by atoms with Crippen LogP contribution in [0.5, 0.6) is 0 Å². The molecule has 1 aliphatic heterocycles. The van der Waals surface area contributed by atoms with Gasteiger partial charge in [0.2, 0.25) is 0 Å². The number of aryl methyl sites for hydroxylation is 1. The molecule has 0 fully saturated rings. The van der Waals surface area contributed by atoms with E-state index in [1.807, 2.05) is 31.2 Å². The molecule has 0 spiro atoms. The van der Waals surface area contributed by atoms with Gasteiger partial charge < -0.3 is 4.52 Å². The summed E-state index contributed by atoms with van der Waals surface area (Å²) in [6.07, 6.45) is 0. The number of aromatic nitrogens is 2. The maximum absolute atomic E-state index is 12.5. The summed E-state index contributed by atoms with van der Waals surface area (Å²) in [6, 6.07) is 13.6. The minimum Gasteiger partial charge on any atom is -0.334 e. The van der Waals surface area contributed by atoms with Crippen LogP contribution in [0.25, 0.3) is 11.5 Å². The lowest BCUT2D eigenvalue weighted by atomic mass is 10.1. The standard InChI is InChI=1S/C17H13N3O4S/c1-11-5-4-6-12(9-11)16-18-15(19-24-16)10-20-17(21)13-7-2-3-8-14(13)25(20,22)23/h2-9H,10H2,1H3. The quantitative estimate of drug-likeness (QED) is 0.716. The van der Waals surface area contributed by atoms with Gasteiger partial charge in [-0.05, 0) is 31.2 Å². The van der Waals surface area contributed by atoms with Gasteiger partial charge >= 0.3 is 0 Å². The van der Waals surface area contributed by atoms with Gasteiger partial charge in [-0.3, -0.25) is 4.79 Å². The summed E-state index contributed by atoms with van der Waals surface area (Å²) in [5, 5.41) is 3.80. The third-order valence-electron chi connectivity index (χ3n) is 3.93. The van der Waals surface area contributed by atoms with Gasteiger partial charge in [-0.1, -0.05) is 35.0 Å². The Morgan fingerprint density at radius 3 is 2.68 bits per heavy atom. The van der Waals surface area contributed by atoms with Crippen molar-refractivity contribution in [2.45, 2.75) is 18.4 Å². The van der Waals surface area contributed by atoms with Crippen molar-refractivity contribution in [1.29, 1.82) is 0 Å². The Hall–Kier alpha value is -3.00. The molecule has 0 bridgehead atoms. The van der Waals surface area contributed by atoms with Crippen molar-refractivity contribution in [1.82, 2.24) is 14.4 Å². The van der Waals surface area contributed by atoms with Gasteiger partial charge in [0.25, 0.3) is 21.8 Å². The Morgan fingerprint density at radius 2 is 1.92 bits per heavy atom. The van der Waals surface area contributed by atoms with Crippen LogP contribution in [0.2, 0.25) is 0 Å². The highest BCUT2D eigenvalue weighted by Crippen LogP contribution is 2.31. The zero-order chi connectivity index (χ0) is 17.6. The smallest absolute Gasteiger partial charge is 0.269 e. The molecule has 0 saturated carbocycles. The molecule has 0 saturated heterocycles. The van der Waals surface area contributed by atoms with E-state index < -0.39 is 15.9 Å². The van der Waals surface area contributed by atoms with Crippen molar-refractivity contribution in [2.24, 2.45) is 0 Å². The van der Waals surface area contributed by atoms with Crippen molar-refractivity contribution in [3.63, 3.8) is 0 Å².